The smallest absolute Gasteiger partial charge is 0.329 e. The third-order valence-corrected chi connectivity index (χ3v) is 4.76. The molecule has 4 rings (SSSR count). The van der Waals surface area contributed by atoms with Crippen LogP contribution in [0.25, 0.3) is 11.0 Å². The van der Waals surface area contributed by atoms with E-state index >= 15 is 0 Å². The van der Waals surface area contributed by atoms with Gasteiger partial charge in [-0.25, -0.2) is 4.79 Å². The van der Waals surface area contributed by atoms with E-state index in [1.807, 2.05) is 18.2 Å². The number of anilines is 1. The SMILES string of the molecule is Cn1c(=O)n(C2CCC(=O)NC2=O)c2ccc(NC3CNC3)cc21. The zero-order valence-electron chi connectivity index (χ0n) is 13.3. The van der Waals surface area contributed by atoms with E-state index < -0.39 is 11.9 Å². The Bertz CT molecular complexity index is 893. The van der Waals surface area contributed by atoms with Crippen LogP contribution in [0.3, 0.4) is 0 Å². The fourth-order valence-corrected chi connectivity index (χ4v) is 3.31. The largest absolute Gasteiger partial charge is 0.380 e. The number of nitrogens with zero attached hydrogens (tertiary/aromatic N) is 2. The summed E-state index contributed by atoms with van der Waals surface area (Å²) in [6, 6.07) is 5.46. The number of aryl methyl sites for hydroxylation is 1. The van der Waals surface area contributed by atoms with Crippen molar-refractivity contribution in [3.05, 3.63) is 28.7 Å². The van der Waals surface area contributed by atoms with E-state index in [1.165, 1.54) is 4.57 Å². The summed E-state index contributed by atoms with van der Waals surface area (Å²) in [6.45, 7) is 1.85. The average Bonchev–Trinajstić information content (AvgIpc) is 2.76. The van der Waals surface area contributed by atoms with Gasteiger partial charge in [0.15, 0.2) is 0 Å². The van der Waals surface area contributed by atoms with Gasteiger partial charge in [-0.15, -0.1) is 0 Å². The predicted molar refractivity (Wildman–Crippen MR) is 88.9 cm³/mol. The first-order chi connectivity index (χ1) is 11.5. The van der Waals surface area contributed by atoms with Gasteiger partial charge in [-0.05, 0) is 24.6 Å². The van der Waals surface area contributed by atoms with Crippen molar-refractivity contribution in [2.45, 2.75) is 24.9 Å². The second-order valence-corrected chi connectivity index (χ2v) is 6.38. The first-order valence-corrected chi connectivity index (χ1v) is 8.06. The number of benzene rings is 1. The number of hydrogen-bond acceptors (Lipinski definition) is 5. The average molecular weight is 329 g/mol. The van der Waals surface area contributed by atoms with Gasteiger partial charge in [-0.2, -0.15) is 0 Å². The molecule has 0 spiro atoms. The summed E-state index contributed by atoms with van der Waals surface area (Å²) in [5, 5.41) is 8.93. The van der Waals surface area contributed by atoms with Crippen LogP contribution in [-0.2, 0) is 16.6 Å². The maximum absolute atomic E-state index is 12.6. The number of piperidine rings is 1. The van der Waals surface area contributed by atoms with E-state index in [2.05, 4.69) is 16.0 Å². The number of hydrogen-bond donors (Lipinski definition) is 3. The molecule has 1 atom stereocenters. The fourth-order valence-electron chi connectivity index (χ4n) is 3.31. The maximum atomic E-state index is 12.6. The normalized spacial score (nSPS) is 21.6. The standard InChI is InChI=1S/C16H19N5O3/c1-20-13-6-9(18-10-7-17-8-10)2-3-11(13)21(16(20)24)12-4-5-14(22)19-15(12)23/h2-3,6,10,12,17-18H,4-5,7-8H2,1H3,(H,19,22,23). The number of amides is 2. The Morgan fingerprint density at radius 1 is 1.17 bits per heavy atom. The van der Waals surface area contributed by atoms with Crippen LogP contribution in [-0.4, -0.2) is 40.1 Å². The molecule has 2 aliphatic rings. The molecule has 3 N–H and O–H groups in total. The first kappa shape index (κ1) is 14.9. The minimum absolute atomic E-state index is 0.244. The topological polar surface area (TPSA) is 97.2 Å². The number of imide groups is 1. The molecular formula is C16H19N5O3. The lowest BCUT2D eigenvalue weighted by Crippen LogP contribution is -2.51. The zero-order valence-corrected chi connectivity index (χ0v) is 13.3. The van der Waals surface area contributed by atoms with Crippen molar-refractivity contribution >= 4 is 28.5 Å². The van der Waals surface area contributed by atoms with Crippen LogP contribution in [0.5, 0.6) is 0 Å². The molecule has 3 heterocycles. The lowest BCUT2D eigenvalue weighted by atomic mass is 10.1. The van der Waals surface area contributed by atoms with Gasteiger partial charge in [0.2, 0.25) is 11.8 Å². The molecule has 2 saturated heterocycles. The molecule has 1 unspecified atom stereocenters. The molecule has 8 heteroatoms. The third kappa shape index (κ3) is 2.30. The number of aromatic nitrogens is 2. The lowest BCUT2D eigenvalue weighted by Gasteiger charge is -2.29. The van der Waals surface area contributed by atoms with Crippen molar-refractivity contribution in [1.82, 2.24) is 19.8 Å². The molecule has 1 aromatic heterocycles. The van der Waals surface area contributed by atoms with Crippen molar-refractivity contribution < 1.29 is 9.59 Å². The molecule has 0 aliphatic carbocycles. The predicted octanol–water partition coefficient (Wildman–Crippen LogP) is -0.299. The van der Waals surface area contributed by atoms with Crippen molar-refractivity contribution in [2.24, 2.45) is 7.05 Å². The summed E-state index contributed by atoms with van der Waals surface area (Å²) in [5.41, 5.74) is 2.17. The molecule has 1 aromatic carbocycles. The monoisotopic (exact) mass is 329 g/mol. The second-order valence-electron chi connectivity index (χ2n) is 6.38. The molecule has 8 nitrogen and oxygen atoms in total. The number of carbonyl (C=O) groups is 2. The van der Waals surface area contributed by atoms with Crippen LogP contribution in [0.2, 0.25) is 0 Å². The van der Waals surface area contributed by atoms with Crippen LogP contribution >= 0.6 is 0 Å². The lowest BCUT2D eigenvalue weighted by molar-refractivity contribution is -0.135. The van der Waals surface area contributed by atoms with Gasteiger partial charge in [0.1, 0.15) is 6.04 Å². The van der Waals surface area contributed by atoms with Gasteiger partial charge in [0, 0.05) is 32.2 Å². The molecule has 24 heavy (non-hydrogen) atoms. The fraction of sp³-hybridized carbons (Fsp3) is 0.438. The molecule has 2 amide bonds. The Morgan fingerprint density at radius 2 is 1.96 bits per heavy atom. The van der Waals surface area contributed by atoms with Gasteiger partial charge in [-0.3, -0.25) is 24.0 Å². The number of fused-ring (bicyclic) bond motifs is 1. The van der Waals surface area contributed by atoms with Crippen LogP contribution < -0.4 is 21.6 Å². The molecule has 0 saturated carbocycles. The Kier molecular flexibility index (Phi) is 3.42. The molecule has 126 valence electrons. The number of imidazole rings is 1. The number of nitrogens with one attached hydrogen (secondary N) is 3. The third-order valence-electron chi connectivity index (χ3n) is 4.76. The van der Waals surface area contributed by atoms with Crippen LogP contribution in [0.1, 0.15) is 18.9 Å². The van der Waals surface area contributed by atoms with E-state index in [0.29, 0.717) is 18.0 Å². The van der Waals surface area contributed by atoms with E-state index in [0.717, 1.165) is 24.3 Å². The highest BCUT2D eigenvalue weighted by Gasteiger charge is 2.31. The Labute approximate surface area is 137 Å². The van der Waals surface area contributed by atoms with Crippen LogP contribution in [0, 0.1) is 0 Å². The Balaban J connectivity index is 1.76. The molecule has 2 aromatic rings. The van der Waals surface area contributed by atoms with Crippen molar-refractivity contribution in [1.29, 1.82) is 0 Å². The highest BCUT2D eigenvalue weighted by molar-refractivity contribution is 6.00. The summed E-state index contributed by atoms with van der Waals surface area (Å²) in [6.07, 6.45) is 0.588. The maximum Gasteiger partial charge on any atom is 0.329 e. The summed E-state index contributed by atoms with van der Waals surface area (Å²) in [4.78, 5) is 36.1. The van der Waals surface area contributed by atoms with Gasteiger partial charge in [0.25, 0.3) is 0 Å². The van der Waals surface area contributed by atoms with Gasteiger partial charge in [0.05, 0.1) is 17.1 Å². The van der Waals surface area contributed by atoms with Gasteiger partial charge in [-0.1, -0.05) is 0 Å². The second kappa shape index (κ2) is 5.48. The Morgan fingerprint density at radius 3 is 2.62 bits per heavy atom. The molecule has 2 aliphatic heterocycles. The van der Waals surface area contributed by atoms with Crippen molar-refractivity contribution in [2.75, 3.05) is 18.4 Å². The van der Waals surface area contributed by atoms with E-state index in [-0.39, 0.29) is 18.0 Å². The summed E-state index contributed by atoms with van der Waals surface area (Å²) in [5.74, 6) is -0.700. The van der Waals surface area contributed by atoms with Gasteiger partial charge < -0.3 is 10.6 Å². The van der Waals surface area contributed by atoms with E-state index in [9.17, 15) is 14.4 Å². The number of carbonyl (C=O) groups excluding carboxylic acids is 2. The van der Waals surface area contributed by atoms with Crippen molar-refractivity contribution in [3.63, 3.8) is 0 Å². The number of rotatable bonds is 3. The summed E-state index contributed by atoms with van der Waals surface area (Å²) >= 11 is 0. The minimum atomic E-state index is -0.645. The van der Waals surface area contributed by atoms with E-state index in [1.54, 1.807) is 11.6 Å². The van der Waals surface area contributed by atoms with Crippen molar-refractivity contribution in [3.8, 4) is 0 Å². The summed E-state index contributed by atoms with van der Waals surface area (Å²) in [7, 11) is 1.70. The zero-order chi connectivity index (χ0) is 16.8. The molecule has 2 fully saturated rings. The minimum Gasteiger partial charge on any atom is -0.380 e. The van der Waals surface area contributed by atoms with Crippen LogP contribution in [0.15, 0.2) is 23.0 Å². The quantitative estimate of drug-likeness (QED) is 0.672. The molecule has 0 bridgehead atoms. The molecule has 0 radical (unpaired) electrons. The molecular weight excluding hydrogens is 310 g/mol. The first-order valence-electron chi connectivity index (χ1n) is 8.06. The highest BCUT2D eigenvalue weighted by Crippen LogP contribution is 2.25. The van der Waals surface area contributed by atoms with E-state index in [4.69, 9.17) is 0 Å². The summed E-state index contributed by atoms with van der Waals surface area (Å²) < 4.78 is 3.04. The van der Waals surface area contributed by atoms with Crippen LogP contribution in [0.4, 0.5) is 5.69 Å². The van der Waals surface area contributed by atoms with Gasteiger partial charge >= 0.3 is 5.69 Å². The highest BCUT2D eigenvalue weighted by atomic mass is 16.2. The Hall–Kier alpha value is -2.61.